The highest BCUT2D eigenvalue weighted by molar-refractivity contribution is 7.71. The number of aromatic amines is 1. The third-order valence-corrected chi connectivity index (χ3v) is 6.02. The summed E-state index contributed by atoms with van der Waals surface area (Å²) in [6, 6.07) is 5.73. The van der Waals surface area contributed by atoms with E-state index in [4.69, 9.17) is 38.4 Å². The molecule has 0 amide bonds. The molecule has 29 heavy (non-hydrogen) atoms. The second-order valence-electron chi connectivity index (χ2n) is 6.77. The number of nitrogens with one attached hydrogen (secondary N) is 1. The Morgan fingerprint density at radius 1 is 1.45 bits per heavy atom. The summed E-state index contributed by atoms with van der Waals surface area (Å²) < 4.78 is 24.2. The summed E-state index contributed by atoms with van der Waals surface area (Å²) in [5, 5.41) is 10.7. The van der Waals surface area contributed by atoms with E-state index in [1.54, 1.807) is 17.7 Å². The molecule has 1 aliphatic heterocycles. The maximum absolute atomic E-state index is 11.6. The molecule has 2 N–H and O–H groups in total. The first-order valence-corrected chi connectivity index (χ1v) is 10.4. The maximum Gasteiger partial charge on any atom is 0.399 e. The lowest BCUT2D eigenvalue weighted by atomic mass is 9.87. The van der Waals surface area contributed by atoms with E-state index in [1.165, 1.54) is 7.11 Å². The van der Waals surface area contributed by atoms with Crippen LogP contribution in [0.1, 0.15) is 23.1 Å². The number of benzene rings is 1. The first kappa shape index (κ1) is 22.1. The summed E-state index contributed by atoms with van der Waals surface area (Å²) in [5.74, 6) is 0.671. The molecule has 1 aliphatic rings. The van der Waals surface area contributed by atoms with Gasteiger partial charge in [-0.2, -0.15) is 0 Å². The van der Waals surface area contributed by atoms with Crippen LogP contribution >= 0.6 is 20.8 Å². The van der Waals surface area contributed by atoms with Gasteiger partial charge in [-0.1, -0.05) is 18.2 Å². The Kier molecular flexibility index (Phi) is 6.93. The molecular weight excluding hydrogens is 414 g/mol. The predicted molar refractivity (Wildman–Crippen MR) is 111 cm³/mol. The highest BCUT2D eigenvalue weighted by atomic mass is 32.1. The Hall–Kier alpha value is -1.55. The zero-order valence-corrected chi connectivity index (χ0v) is 18.1. The number of ether oxygens (including phenoxy) is 1. The van der Waals surface area contributed by atoms with Crippen LogP contribution in [-0.2, 0) is 26.9 Å². The van der Waals surface area contributed by atoms with Gasteiger partial charge in [0, 0.05) is 31.0 Å². The molecule has 0 bridgehead atoms. The quantitative estimate of drug-likeness (QED) is 0.298. The summed E-state index contributed by atoms with van der Waals surface area (Å²) in [4.78, 5) is 14.2. The van der Waals surface area contributed by atoms with Gasteiger partial charge in [0.25, 0.3) is 5.56 Å². The number of rotatable bonds is 7. The van der Waals surface area contributed by atoms with Crippen LogP contribution in [0.25, 0.3) is 0 Å². The van der Waals surface area contributed by atoms with Crippen molar-refractivity contribution in [2.45, 2.75) is 45.2 Å². The molecule has 0 saturated heterocycles. The Bertz CT molecular complexity index is 995. The second kappa shape index (κ2) is 9.08. The monoisotopic (exact) mass is 436 g/mol. The fraction of sp³-hybridized carbons (Fsp3) is 0.444. The van der Waals surface area contributed by atoms with Crippen molar-refractivity contribution in [3.8, 4) is 5.75 Å². The fourth-order valence-corrected chi connectivity index (χ4v) is 4.33. The van der Waals surface area contributed by atoms with Crippen LogP contribution in [0.5, 0.6) is 5.75 Å². The molecule has 11 heteroatoms. The molecule has 2 heterocycles. The summed E-state index contributed by atoms with van der Waals surface area (Å²) in [5.41, 5.74) is -0.0286. The van der Waals surface area contributed by atoms with Crippen LogP contribution in [0.2, 0.25) is 0 Å². The van der Waals surface area contributed by atoms with Gasteiger partial charge in [0.1, 0.15) is 11.9 Å². The van der Waals surface area contributed by atoms with Crippen molar-refractivity contribution in [2.75, 3.05) is 7.11 Å². The molecule has 0 fully saturated rings. The molecule has 8 nitrogen and oxygen atoms in total. The van der Waals surface area contributed by atoms with Gasteiger partial charge in [0.05, 0.1) is 6.61 Å². The van der Waals surface area contributed by atoms with Crippen molar-refractivity contribution in [1.82, 2.24) is 9.55 Å². The van der Waals surface area contributed by atoms with Gasteiger partial charge in [0.15, 0.2) is 18.3 Å². The molecule has 1 aromatic carbocycles. The van der Waals surface area contributed by atoms with E-state index in [-0.39, 0.29) is 16.8 Å². The highest BCUT2D eigenvalue weighted by Crippen LogP contribution is 2.50. The summed E-state index contributed by atoms with van der Waals surface area (Å²) >= 11 is 5.17. The zero-order chi connectivity index (χ0) is 21.2. The number of aliphatic hydroxyl groups is 1. The summed E-state index contributed by atoms with van der Waals surface area (Å²) in [7, 11) is 5.49. The van der Waals surface area contributed by atoms with Crippen molar-refractivity contribution >= 4 is 28.7 Å². The van der Waals surface area contributed by atoms with Crippen molar-refractivity contribution in [1.29, 1.82) is 0 Å². The van der Waals surface area contributed by atoms with Gasteiger partial charge in [-0.3, -0.25) is 18.8 Å². The first-order chi connectivity index (χ1) is 13.7. The number of fused-ring (bicyclic) bond motifs is 1. The molecule has 0 aliphatic carbocycles. The number of methoxy groups -OCH3 is 1. The number of aromatic nitrogens is 2. The summed E-state index contributed by atoms with van der Waals surface area (Å²) in [6.45, 7) is 4.24. The van der Waals surface area contributed by atoms with Gasteiger partial charge >= 0.3 is 8.60 Å². The molecule has 154 valence electrons. The lowest BCUT2D eigenvalue weighted by Crippen LogP contribution is -2.46. The SMILES string of the molecule is [B]C(O)(OP1OCc2cccc(C)c2O1)C(CCn1cc(C)c(=O)[nH]c1=S)OC. The van der Waals surface area contributed by atoms with Crippen LogP contribution in [0, 0.1) is 18.6 Å². The average molecular weight is 436 g/mol. The number of nitrogens with zero attached hydrogens (tertiary/aromatic N) is 1. The smallest absolute Gasteiger partial charge is 0.399 e. The van der Waals surface area contributed by atoms with E-state index in [0.717, 1.165) is 11.1 Å². The van der Waals surface area contributed by atoms with Crippen molar-refractivity contribution in [2.24, 2.45) is 0 Å². The molecule has 3 unspecified atom stereocenters. The molecule has 2 aromatic rings. The first-order valence-electron chi connectivity index (χ1n) is 8.94. The second-order valence-corrected chi connectivity index (χ2v) is 8.23. The number of H-pyrrole nitrogens is 1. The van der Waals surface area contributed by atoms with E-state index in [2.05, 4.69) is 4.98 Å². The van der Waals surface area contributed by atoms with Crippen LogP contribution in [0.15, 0.2) is 29.2 Å². The minimum absolute atomic E-state index is 0.238. The number of aryl methyl sites for hydroxylation is 3. The van der Waals surface area contributed by atoms with Crippen molar-refractivity contribution in [3.05, 3.63) is 56.2 Å². The maximum atomic E-state index is 11.6. The van der Waals surface area contributed by atoms with Gasteiger partial charge in [-0.15, -0.1) is 0 Å². The normalized spacial score (nSPS) is 19.1. The molecule has 0 saturated carbocycles. The molecule has 3 atom stereocenters. The molecular formula is C18H22BN2O6PS. The third-order valence-electron chi connectivity index (χ3n) is 4.57. The van der Waals surface area contributed by atoms with Gasteiger partial charge in [-0.25, -0.2) is 0 Å². The van der Waals surface area contributed by atoms with Crippen molar-refractivity contribution in [3.63, 3.8) is 0 Å². The lowest BCUT2D eigenvalue weighted by Gasteiger charge is -2.36. The minimum atomic E-state index is -2.15. The zero-order valence-electron chi connectivity index (χ0n) is 16.4. The van der Waals surface area contributed by atoms with Gasteiger partial charge in [-0.05, 0) is 38.0 Å². The van der Waals surface area contributed by atoms with Crippen LogP contribution < -0.4 is 10.1 Å². The molecule has 2 radical (unpaired) electrons. The fourth-order valence-electron chi connectivity index (χ4n) is 2.94. The Labute approximate surface area is 176 Å². The van der Waals surface area contributed by atoms with Gasteiger partial charge in [0.2, 0.25) is 0 Å². The Morgan fingerprint density at radius 3 is 2.93 bits per heavy atom. The standard InChI is InChI=1S/C18H22BN2O6PS/c1-11-5-4-6-13-10-25-28(26-15(11)13)27-18(19,23)14(24-3)7-8-21-9-12(2)16(22)20-17(21)29/h4-6,9,14,23H,7-8,10H2,1-3H3,(H,20,22,29). The predicted octanol–water partition coefficient (Wildman–Crippen LogP) is 2.60. The number of para-hydroxylation sites is 1. The van der Waals surface area contributed by atoms with E-state index in [1.807, 2.05) is 25.1 Å². The summed E-state index contributed by atoms with van der Waals surface area (Å²) in [6.07, 6.45) is 1.01. The van der Waals surface area contributed by atoms with Crippen molar-refractivity contribution < 1.29 is 23.4 Å². The lowest BCUT2D eigenvalue weighted by molar-refractivity contribution is -0.161. The topological polar surface area (TPSA) is 94.9 Å². The molecule has 1 aromatic heterocycles. The van der Waals surface area contributed by atoms with Crippen LogP contribution in [0.4, 0.5) is 0 Å². The largest absolute Gasteiger partial charge is 0.426 e. The van der Waals surface area contributed by atoms with Crippen LogP contribution in [0.3, 0.4) is 0 Å². The van der Waals surface area contributed by atoms with Gasteiger partial charge < -0.3 is 18.9 Å². The minimum Gasteiger partial charge on any atom is -0.426 e. The molecule has 0 spiro atoms. The Morgan fingerprint density at radius 2 is 2.21 bits per heavy atom. The third kappa shape index (κ3) is 5.14. The molecule has 3 rings (SSSR count). The van der Waals surface area contributed by atoms with E-state index in [0.29, 0.717) is 24.5 Å². The van der Waals surface area contributed by atoms with E-state index >= 15 is 0 Å². The van der Waals surface area contributed by atoms with E-state index in [9.17, 15) is 9.90 Å². The number of hydrogen-bond acceptors (Lipinski definition) is 7. The average Bonchev–Trinajstić information content (AvgIpc) is 2.66. The number of hydrogen-bond donors (Lipinski definition) is 2. The highest BCUT2D eigenvalue weighted by Gasteiger charge is 2.39. The van der Waals surface area contributed by atoms with E-state index < -0.39 is 20.4 Å². The Balaban J connectivity index is 1.67. The van der Waals surface area contributed by atoms with Crippen LogP contribution in [-0.4, -0.2) is 41.4 Å².